The van der Waals surface area contributed by atoms with Crippen LogP contribution in [-0.2, 0) is 0 Å². The zero-order chi connectivity index (χ0) is 49.9. The van der Waals surface area contributed by atoms with Crippen LogP contribution in [0.1, 0.15) is 5.56 Å². The van der Waals surface area contributed by atoms with E-state index in [1.807, 2.05) is 22.7 Å². The third-order valence-electron chi connectivity index (χ3n) is 15.8. The summed E-state index contributed by atoms with van der Waals surface area (Å²) in [5.74, 6) is 0. The van der Waals surface area contributed by atoms with Gasteiger partial charge in [-0.05, 0) is 83.9 Å². The number of nitrogens with zero attached hydrogens (tertiary/aromatic N) is 4. The molecule has 6 heterocycles. The number of benzene rings is 11. The Kier molecular flexibility index (Phi) is 8.73. The number of thiophene rings is 4. The summed E-state index contributed by atoms with van der Waals surface area (Å²) >= 11 is 7.21. The summed E-state index contributed by atoms with van der Waals surface area (Å²) in [4.78, 5) is 4.73. The van der Waals surface area contributed by atoms with Crippen LogP contribution in [0.5, 0.6) is 0 Å². The zero-order valence-corrected chi connectivity index (χ0v) is 43.3. The van der Waals surface area contributed by atoms with Gasteiger partial charge >= 0.3 is 0 Å². The van der Waals surface area contributed by atoms with Gasteiger partial charge in [0, 0.05) is 113 Å². The summed E-state index contributed by atoms with van der Waals surface area (Å²) in [6.07, 6.45) is 0. The Morgan fingerprint density at radius 1 is 0.355 bits per heavy atom. The van der Waals surface area contributed by atoms with Crippen LogP contribution in [0.2, 0.25) is 0 Å². The van der Waals surface area contributed by atoms with Crippen molar-refractivity contribution in [1.82, 2.24) is 9.13 Å². The molecule has 17 rings (SSSR count). The molecule has 6 aromatic heterocycles. The monoisotopic (exact) mass is 1030 g/mol. The molecule has 0 saturated carbocycles. The van der Waals surface area contributed by atoms with E-state index in [1.54, 1.807) is 22.7 Å². The van der Waals surface area contributed by atoms with Crippen molar-refractivity contribution in [3.63, 3.8) is 0 Å². The van der Waals surface area contributed by atoms with Crippen LogP contribution in [0.4, 0.5) is 5.69 Å². The molecule has 0 N–H and O–H groups in total. The van der Waals surface area contributed by atoms with Gasteiger partial charge in [-0.2, -0.15) is 5.26 Å². The number of para-hydroxylation sites is 2. The fraction of sp³-hybridized carbons (Fsp3) is 0. The number of rotatable bonds is 4. The van der Waals surface area contributed by atoms with Gasteiger partial charge in [-0.1, -0.05) is 133 Å². The van der Waals surface area contributed by atoms with E-state index >= 15 is 0 Å². The lowest BCUT2D eigenvalue weighted by molar-refractivity contribution is 1.14. The quantitative estimate of drug-likeness (QED) is 0.162. The highest BCUT2D eigenvalue weighted by Crippen LogP contribution is 2.55. The van der Waals surface area contributed by atoms with Gasteiger partial charge in [-0.25, -0.2) is 4.85 Å². The van der Waals surface area contributed by atoms with Crippen LogP contribution in [0.25, 0.3) is 163 Å². The third-order valence-corrected chi connectivity index (χ3v) is 20.5. The topological polar surface area (TPSA) is 38.0 Å². The Morgan fingerprint density at radius 3 is 1.22 bits per heavy atom. The molecule has 0 atom stereocenters. The molecule has 0 spiro atoms. The van der Waals surface area contributed by atoms with Crippen molar-refractivity contribution in [2.75, 3.05) is 0 Å². The van der Waals surface area contributed by atoms with E-state index in [0.29, 0.717) is 16.8 Å². The molecule has 0 bridgehead atoms. The third kappa shape index (κ3) is 5.63. The fourth-order valence-electron chi connectivity index (χ4n) is 12.6. The zero-order valence-electron chi connectivity index (χ0n) is 40.1. The van der Waals surface area contributed by atoms with E-state index in [0.717, 1.165) is 92.5 Å². The van der Waals surface area contributed by atoms with Crippen molar-refractivity contribution in [2.24, 2.45) is 0 Å². The lowest BCUT2D eigenvalue weighted by Gasteiger charge is -2.26. The minimum absolute atomic E-state index is 0.427. The van der Waals surface area contributed by atoms with E-state index in [-0.39, 0.29) is 0 Å². The van der Waals surface area contributed by atoms with Gasteiger partial charge in [0.2, 0.25) is 5.69 Å². The summed E-state index contributed by atoms with van der Waals surface area (Å²) in [5.41, 5.74) is 9.55. The first-order valence-electron chi connectivity index (χ1n) is 25.2. The molecule has 76 heavy (non-hydrogen) atoms. The second-order valence-electron chi connectivity index (χ2n) is 19.6. The predicted octanol–water partition coefficient (Wildman–Crippen LogP) is 21.1. The van der Waals surface area contributed by atoms with E-state index in [2.05, 4.69) is 221 Å². The minimum atomic E-state index is 0.427. The largest absolute Gasteiger partial charge is 0.318 e. The molecule has 0 amide bonds. The smallest absolute Gasteiger partial charge is 0.220 e. The number of fused-ring (bicyclic) bond motifs is 20. The summed E-state index contributed by atoms with van der Waals surface area (Å²) < 4.78 is 14.4. The van der Waals surface area contributed by atoms with Gasteiger partial charge in [0.1, 0.15) is 6.07 Å². The van der Waals surface area contributed by atoms with Crippen LogP contribution in [0.3, 0.4) is 0 Å². The standard InChI is InChI=1S/C68H34N4S4/c1-70-64-60(37-26-32-58-47(34-37)41-16-6-10-22-54(41)73-58)49(36-69)65(71-50-20-8-2-18-45(50)62-52(71)30-28-43-39-14-4-12-24-56(39)75-67(43)62)61(38-27-33-59-48(35-38)42-17-7-11-23-55(42)74-59)66(64)72-51-21-9-3-19-46(51)63-53(72)31-29-44-40-15-5-13-25-57(40)76-68(44)63/h2-35H. The highest BCUT2D eigenvalue weighted by Gasteiger charge is 2.33. The molecule has 8 heteroatoms. The summed E-state index contributed by atoms with van der Waals surface area (Å²) in [5, 5.41) is 26.4. The van der Waals surface area contributed by atoms with Gasteiger partial charge in [0.25, 0.3) is 0 Å². The lowest BCUT2D eigenvalue weighted by atomic mass is 9.88. The number of aromatic nitrogens is 2. The molecular formula is C68H34N4S4. The normalized spacial score (nSPS) is 12.2. The van der Waals surface area contributed by atoms with Crippen LogP contribution in [-0.4, -0.2) is 9.13 Å². The van der Waals surface area contributed by atoms with Gasteiger partial charge in [0.05, 0.1) is 45.6 Å². The predicted molar refractivity (Wildman–Crippen MR) is 329 cm³/mol. The SMILES string of the molecule is [C-]#[N+]c1c(-c2ccc3sc4ccccc4c3c2)c(C#N)c(-n2c3ccccc3c3c4sc5ccccc5c4ccc32)c(-c2ccc3sc4ccccc4c3c2)c1-n1c2ccccc2c2c3sc4ccccc4c3ccc21. The fourth-order valence-corrected chi connectivity index (χ4v) is 17.3. The molecular weight excluding hydrogens is 1000 g/mol. The van der Waals surface area contributed by atoms with Crippen molar-refractivity contribution in [2.45, 2.75) is 0 Å². The molecule has 4 nitrogen and oxygen atoms in total. The Bertz CT molecular complexity index is 5300. The minimum Gasteiger partial charge on any atom is -0.318 e. The molecule has 350 valence electrons. The molecule has 0 aliphatic rings. The summed E-state index contributed by atoms with van der Waals surface area (Å²) in [7, 11) is 0. The molecule has 0 radical (unpaired) electrons. The average Bonchev–Trinajstić information content (AvgIpc) is 4.47. The van der Waals surface area contributed by atoms with Crippen molar-refractivity contribution in [1.29, 1.82) is 5.26 Å². The first kappa shape index (κ1) is 42.3. The second-order valence-corrected chi connectivity index (χ2v) is 23.9. The first-order valence-corrected chi connectivity index (χ1v) is 28.4. The van der Waals surface area contributed by atoms with E-state index in [9.17, 15) is 11.8 Å². The van der Waals surface area contributed by atoms with Gasteiger partial charge in [0.15, 0.2) is 0 Å². The lowest BCUT2D eigenvalue weighted by Crippen LogP contribution is -2.08. The van der Waals surface area contributed by atoms with E-state index < -0.39 is 0 Å². The van der Waals surface area contributed by atoms with Crippen molar-refractivity contribution in [3.8, 4) is 39.7 Å². The van der Waals surface area contributed by atoms with Gasteiger partial charge in [-0.3, -0.25) is 0 Å². The van der Waals surface area contributed by atoms with E-state index in [1.165, 1.54) is 59.8 Å². The molecule has 17 aromatic rings. The van der Waals surface area contributed by atoms with Crippen LogP contribution in [0.15, 0.2) is 206 Å². The first-order chi connectivity index (χ1) is 37.6. The molecule has 0 aliphatic carbocycles. The highest BCUT2D eigenvalue weighted by atomic mass is 32.1. The average molecular weight is 1040 g/mol. The second kappa shape index (κ2) is 15.7. The van der Waals surface area contributed by atoms with Crippen LogP contribution >= 0.6 is 45.3 Å². The number of nitriles is 1. The number of hydrogen-bond donors (Lipinski definition) is 0. The summed E-state index contributed by atoms with van der Waals surface area (Å²) in [6, 6.07) is 77.3. The number of hydrogen-bond acceptors (Lipinski definition) is 5. The van der Waals surface area contributed by atoms with E-state index in [4.69, 9.17) is 4.85 Å². The Balaban J connectivity index is 1.13. The molecule has 0 aliphatic heterocycles. The Hall–Kier alpha value is -9.12. The van der Waals surface area contributed by atoms with Crippen LogP contribution in [0, 0.1) is 17.9 Å². The molecule has 11 aromatic carbocycles. The molecule has 0 unspecified atom stereocenters. The van der Waals surface area contributed by atoms with Crippen molar-refractivity contribution in [3.05, 3.63) is 223 Å². The molecule has 0 saturated heterocycles. The van der Waals surface area contributed by atoms with Crippen molar-refractivity contribution < 1.29 is 0 Å². The van der Waals surface area contributed by atoms with Gasteiger partial charge < -0.3 is 9.13 Å². The van der Waals surface area contributed by atoms with Crippen molar-refractivity contribution >= 4 is 175 Å². The maximum atomic E-state index is 12.4. The maximum absolute atomic E-state index is 12.4. The maximum Gasteiger partial charge on any atom is 0.220 e. The highest BCUT2D eigenvalue weighted by molar-refractivity contribution is 7.27. The Labute approximate surface area is 449 Å². The molecule has 0 fully saturated rings. The van der Waals surface area contributed by atoms with Crippen LogP contribution < -0.4 is 0 Å². The Morgan fingerprint density at radius 2 is 0.750 bits per heavy atom. The van der Waals surface area contributed by atoms with Gasteiger partial charge in [-0.15, -0.1) is 45.3 Å². The summed E-state index contributed by atoms with van der Waals surface area (Å²) in [6.45, 7) is 9.66.